The summed E-state index contributed by atoms with van der Waals surface area (Å²) in [4.78, 5) is 11.9. The summed E-state index contributed by atoms with van der Waals surface area (Å²) in [6, 6.07) is 18.3. The predicted octanol–water partition coefficient (Wildman–Crippen LogP) is 3.49. The first-order chi connectivity index (χ1) is 11.2. The number of fused-ring (bicyclic) bond motifs is 1. The Hall–Kier alpha value is -2.88. The van der Waals surface area contributed by atoms with Gasteiger partial charge in [0.25, 0.3) is 0 Å². The third kappa shape index (κ3) is 2.32. The number of benzene rings is 2. The largest absolute Gasteiger partial charge is 0.350 e. The lowest BCUT2D eigenvalue weighted by Crippen LogP contribution is -2.42. The molecule has 1 aliphatic heterocycles. The summed E-state index contributed by atoms with van der Waals surface area (Å²) in [5.41, 5.74) is 3.31. The summed E-state index contributed by atoms with van der Waals surface area (Å²) in [5.74, 6) is 0.0651. The molecule has 2 aromatic carbocycles. The highest BCUT2D eigenvalue weighted by Gasteiger charge is 2.37. The summed E-state index contributed by atoms with van der Waals surface area (Å²) in [6.45, 7) is 0. The Morgan fingerprint density at radius 1 is 1.09 bits per heavy atom. The lowest BCUT2D eigenvalue weighted by Gasteiger charge is -2.36. The van der Waals surface area contributed by atoms with Gasteiger partial charge in [-0.25, -0.2) is 5.01 Å². The van der Waals surface area contributed by atoms with Crippen molar-refractivity contribution in [2.75, 3.05) is 0 Å². The molecular weight excluding hydrogens is 286 g/mol. The van der Waals surface area contributed by atoms with Crippen LogP contribution < -0.4 is 0 Å². The molecule has 1 fully saturated rings. The van der Waals surface area contributed by atoms with Crippen molar-refractivity contribution < 1.29 is 4.79 Å². The van der Waals surface area contributed by atoms with Gasteiger partial charge in [-0.1, -0.05) is 48.5 Å². The second-order valence-corrected chi connectivity index (χ2v) is 5.83. The van der Waals surface area contributed by atoms with Gasteiger partial charge >= 0.3 is 0 Å². The molecular formula is C19H17N3O. The number of hydrazone groups is 1. The van der Waals surface area contributed by atoms with Crippen LogP contribution in [-0.2, 0) is 11.8 Å². The van der Waals surface area contributed by atoms with Gasteiger partial charge in [0.1, 0.15) is 0 Å². The molecule has 114 valence electrons. The molecule has 0 N–H and O–H groups in total. The summed E-state index contributed by atoms with van der Waals surface area (Å²) in [6.07, 6.45) is 4.35. The first-order valence-corrected chi connectivity index (χ1v) is 7.69. The number of carbonyl (C=O) groups is 1. The van der Waals surface area contributed by atoms with Gasteiger partial charge in [-0.05, 0) is 11.6 Å². The molecule has 4 rings (SSSR count). The molecule has 0 bridgehead atoms. The number of hydrogen-bond acceptors (Lipinski definition) is 2. The van der Waals surface area contributed by atoms with Gasteiger partial charge in [-0.15, -0.1) is 0 Å². The van der Waals surface area contributed by atoms with Gasteiger partial charge in [0, 0.05) is 29.7 Å². The Morgan fingerprint density at radius 3 is 2.61 bits per heavy atom. The van der Waals surface area contributed by atoms with E-state index in [2.05, 4.69) is 21.8 Å². The minimum absolute atomic E-state index is 0.0509. The number of para-hydroxylation sites is 1. The number of β-lactam (4-membered cyclic amide) rings is 1. The molecule has 0 aliphatic carbocycles. The molecule has 0 saturated carbocycles. The van der Waals surface area contributed by atoms with Crippen LogP contribution in [0.25, 0.3) is 10.9 Å². The van der Waals surface area contributed by atoms with E-state index in [-0.39, 0.29) is 11.9 Å². The van der Waals surface area contributed by atoms with Crippen LogP contribution in [0.1, 0.15) is 23.6 Å². The van der Waals surface area contributed by atoms with E-state index in [0.717, 1.165) is 22.0 Å². The van der Waals surface area contributed by atoms with Crippen molar-refractivity contribution >= 4 is 23.0 Å². The maximum absolute atomic E-state index is 11.9. The maximum atomic E-state index is 11.9. The summed E-state index contributed by atoms with van der Waals surface area (Å²) in [5, 5.41) is 7.17. The molecule has 0 spiro atoms. The molecule has 1 aromatic heterocycles. The van der Waals surface area contributed by atoms with E-state index in [1.807, 2.05) is 55.7 Å². The van der Waals surface area contributed by atoms with Crippen LogP contribution >= 0.6 is 0 Å². The van der Waals surface area contributed by atoms with E-state index in [1.165, 1.54) is 0 Å². The monoisotopic (exact) mass is 303 g/mol. The Morgan fingerprint density at radius 2 is 1.83 bits per heavy atom. The van der Waals surface area contributed by atoms with Crippen molar-refractivity contribution in [2.45, 2.75) is 12.5 Å². The molecule has 2 heterocycles. The van der Waals surface area contributed by atoms with Crippen molar-refractivity contribution in [3.05, 3.63) is 71.9 Å². The molecule has 4 nitrogen and oxygen atoms in total. The zero-order valence-electron chi connectivity index (χ0n) is 12.9. The van der Waals surface area contributed by atoms with E-state index in [0.29, 0.717) is 6.42 Å². The minimum atomic E-state index is 0.0509. The zero-order chi connectivity index (χ0) is 15.8. The normalized spacial score (nSPS) is 17.9. The van der Waals surface area contributed by atoms with E-state index >= 15 is 0 Å². The Kier molecular flexibility index (Phi) is 3.23. The highest BCUT2D eigenvalue weighted by Crippen LogP contribution is 2.34. The maximum Gasteiger partial charge on any atom is 0.245 e. The molecule has 1 atom stereocenters. The van der Waals surface area contributed by atoms with Crippen molar-refractivity contribution in [1.29, 1.82) is 0 Å². The lowest BCUT2D eigenvalue weighted by atomic mass is 9.96. The van der Waals surface area contributed by atoms with Crippen LogP contribution in [0.4, 0.5) is 0 Å². The number of amides is 1. The number of aryl methyl sites for hydroxylation is 1. The average Bonchev–Trinajstić information content (AvgIpc) is 2.90. The number of hydrogen-bond donors (Lipinski definition) is 0. The molecule has 0 radical (unpaired) electrons. The van der Waals surface area contributed by atoms with Gasteiger partial charge < -0.3 is 4.57 Å². The van der Waals surface area contributed by atoms with E-state index in [4.69, 9.17) is 0 Å². The second-order valence-electron chi connectivity index (χ2n) is 5.83. The van der Waals surface area contributed by atoms with Crippen LogP contribution in [-0.4, -0.2) is 21.7 Å². The number of rotatable bonds is 3. The summed E-state index contributed by atoms with van der Waals surface area (Å²) < 4.78 is 2.07. The topological polar surface area (TPSA) is 37.6 Å². The molecule has 3 aromatic rings. The SMILES string of the molecule is Cn1cc(/C=N\N2C(=O)C[C@@H]2c2ccccc2)c2ccccc21. The minimum Gasteiger partial charge on any atom is -0.350 e. The van der Waals surface area contributed by atoms with Crippen molar-refractivity contribution in [2.24, 2.45) is 12.1 Å². The standard InChI is InChI=1S/C19H17N3O/c1-21-13-15(16-9-5-6-10-17(16)21)12-20-22-18(11-19(22)23)14-7-3-2-4-8-14/h2-10,12-13,18H,11H2,1H3/b20-12-/t18-/m1/s1. The fourth-order valence-electron chi connectivity index (χ4n) is 3.09. The summed E-state index contributed by atoms with van der Waals surface area (Å²) >= 11 is 0. The quantitative estimate of drug-likeness (QED) is 0.539. The smallest absolute Gasteiger partial charge is 0.245 e. The highest BCUT2D eigenvalue weighted by molar-refractivity contribution is 5.99. The first kappa shape index (κ1) is 13.8. The van der Waals surface area contributed by atoms with Crippen molar-refractivity contribution in [3.8, 4) is 0 Å². The third-order valence-electron chi connectivity index (χ3n) is 4.35. The van der Waals surface area contributed by atoms with Gasteiger partial charge in [-0.3, -0.25) is 4.79 Å². The Bertz CT molecular complexity index is 895. The predicted molar refractivity (Wildman–Crippen MR) is 91.2 cm³/mol. The van der Waals surface area contributed by atoms with E-state index in [1.54, 1.807) is 11.2 Å². The number of carbonyl (C=O) groups excluding carboxylic acids is 1. The number of nitrogens with zero attached hydrogens (tertiary/aromatic N) is 3. The lowest BCUT2D eigenvalue weighted by molar-refractivity contribution is -0.146. The fourth-order valence-corrected chi connectivity index (χ4v) is 3.09. The number of aromatic nitrogens is 1. The van der Waals surface area contributed by atoms with Gasteiger partial charge in [0.2, 0.25) is 5.91 Å². The Labute approximate surface area is 134 Å². The molecule has 1 aliphatic rings. The molecule has 4 heteroatoms. The molecule has 1 amide bonds. The van der Waals surface area contributed by atoms with Crippen molar-refractivity contribution in [3.63, 3.8) is 0 Å². The first-order valence-electron chi connectivity index (χ1n) is 7.69. The molecule has 23 heavy (non-hydrogen) atoms. The van der Waals surface area contributed by atoms with Crippen molar-refractivity contribution in [1.82, 2.24) is 9.58 Å². The Balaban J connectivity index is 1.63. The van der Waals surface area contributed by atoms with Crippen LogP contribution in [0, 0.1) is 0 Å². The van der Waals surface area contributed by atoms with Crippen LogP contribution in [0.3, 0.4) is 0 Å². The van der Waals surface area contributed by atoms with Crippen LogP contribution in [0.2, 0.25) is 0 Å². The van der Waals surface area contributed by atoms with Gasteiger partial charge in [0.05, 0.1) is 18.7 Å². The molecule has 0 unspecified atom stereocenters. The molecule has 1 saturated heterocycles. The fraction of sp³-hybridized carbons (Fsp3) is 0.158. The van der Waals surface area contributed by atoms with Gasteiger partial charge in [0.15, 0.2) is 0 Å². The van der Waals surface area contributed by atoms with Crippen LogP contribution in [0.15, 0.2) is 65.9 Å². The van der Waals surface area contributed by atoms with E-state index < -0.39 is 0 Å². The summed E-state index contributed by atoms with van der Waals surface area (Å²) in [7, 11) is 2.02. The highest BCUT2D eigenvalue weighted by atomic mass is 16.2. The van der Waals surface area contributed by atoms with E-state index in [9.17, 15) is 4.79 Å². The van der Waals surface area contributed by atoms with Gasteiger partial charge in [-0.2, -0.15) is 5.10 Å². The second kappa shape index (κ2) is 5.39. The zero-order valence-corrected chi connectivity index (χ0v) is 12.9. The average molecular weight is 303 g/mol. The third-order valence-corrected chi connectivity index (χ3v) is 4.35. The van der Waals surface area contributed by atoms with Crippen LogP contribution in [0.5, 0.6) is 0 Å².